The van der Waals surface area contributed by atoms with Crippen molar-refractivity contribution >= 4 is 29.6 Å². The van der Waals surface area contributed by atoms with Gasteiger partial charge >= 0.3 is 0 Å². The summed E-state index contributed by atoms with van der Waals surface area (Å²) in [6.45, 7) is 3.72. The fourth-order valence-corrected chi connectivity index (χ4v) is 2.93. The SMILES string of the molecule is COc1ccccc1C=CC=NN1CCN(c2ccc(Cl)cc2)CC1. The van der Waals surface area contributed by atoms with E-state index >= 15 is 0 Å². The molecule has 130 valence electrons. The van der Waals surface area contributed by atoms with E-state index < -0.39 is 0 Å². The third-order valence-corrected chi connectivity index (χ3v) is 4.43. The Morgan fingerprint density at radius 3 is 2.44 bits per heavy atom. The highest BCUT2D eigenvalue weighted by atomic mass is 35.5. The number of ether oxygens (including phenoxy) is 1. The van der Waals surface area contributed by atoms with Crippen molar-refractivity contribution in [2.24, 2.45) is 5.10 Å². The maximum Gasteiger partial charge on any atom is 0.126 e. The third-order valence-electron chi connectivity index (χ3n) is 4.18. The summed E-state index contributed by atoms with van der Waals surface area (Å²) < 4.78 is 5.33. The second-order valence-corrected chi connectivity index (χ2v) is 6.22. The van der Waals surface area contributed by atoms with E-state index in [1.165, 1.54) is 5.69 Å². The van der Waals surface area contributed by atoms with Gasteiger partial charge in [-0.25, -0.2) is 0 Å². The number of methoxy groups -OCH3 is 1. The van der Waals surface area contributed by atoms with Gasteiger partial charge in [-0.3, -0.25) is 5.01 Å². The molecule has 25 heavy (non-hydrogen) atoms. The molecule has 4 nitrogen and oxygen atoms in total. The van der Waals surface area contributed by atoms with E-state index in [0.29, 0.717) is 0 Å². The molecular weight excluding hydrogens is 334 g/mol. The Morgan fingerprint density at radius 1 is 1.00 bits per heavy atom. The number of nitrogens with zero attached hydrogens (tertiary/aromatic N) is 3. The van der Waals surface area contributed by atoms with E-state index in [9.17, 15) is 0 Å². The van der Waals surface area contributed by atoms with Crippen LogP contribution in [0.2, 0.25) is 5.02 Å². The van der Waals surface area contributed by atoms with Crippen LogP contribution in [0.25, 0.3) is 6.08 Å². The number of hydrogen-bond acceptors (Lipinski definition) is 4. The first-order chi connectivity index (χ1) is 12.3. The lowest BCUT2D eigenvalue weighted by Gasteiger charge is -2.34. The zero-order chi connectivity index (χ0) is 17.5. The van der Waals surface area contributed by atoms with Gasteiger partial charge < -0.3 is 9.64 Å². The molecule has 2 aromatic carbocycles. The maximum absolute atomic E-state index is 5.95. The second-order valence-electron chi connectivity index (χ2n) is 5.78. The minimum Gasteiger partial charge on any atom is -0.496 e. The van der Waals surface area contributed by atoms with Crippen molar-refractivity contribution in [3.8, 4) is 5.75 Å². The number of rotatable bonds is 5. The molecule has 0 amide bonds. The standard InChI is InChI=1S/C20H22ClN3O/c1-25-20-7-3-2-5-17(20)6-4-12-22-24-15-13-23(14-16-24)19-10-8-18(21)9-11-19/h2-12H,13-16H2,1H3. The lowest BCUT2D eigenvalue weighted by Crippen LogP contribution is -2.44. The van der Waals surface area contributed by atoms with Gasteiger partial charge in [0.2, 0.25) is 0 Å². The fraction of sp³-hybridized carbons (Fsp3) is 0.250. The largest absolute Gasteiger partial charge is 0.496 e. The molecule has 1 aliphatic rings. The summed E-state index contributed by atoms with van der Waals surface area (Å²) in [7, 11) is 1.68. The Hall–Kier alpha value is -2.46. The summed E-state index contributed by atoms with van der Waals surface area (Å²) in [6, 6.07) is 15.9. The highest BCUT2D eigenvalue weighted by Gasteiger charge is 2.15. The average Bonchev–Trinajstić information content (AvgIpc) is 2.67. The van der Waals surface area contributed by atoms with E-state index in [1.807, 2.05) is 54.8 Å². The van der Waals surface area contributed by atoms with Gasteiger partial charge in [0.15, 0.2) is 0 Å². The van der Waals surface area contributed by atoms with Crippen molar-refractivity contribution in [3.63, 3.8) is 0 Å². The molecule has 0 N–H and O–H groups in total. The molecule has 0 spiro atoms. The van der Waals surface area contributed by atoms with Crippen LogP contribution in [0, 0.1) is 0 Å². The van der Waals surface area contributed by atoms with Gasteiger partial charge in [0.05, 0.1) is 20.2 Å². The molecule has 0 atom stereocenters. The topological polar surface area (TPSA) is 28.1 Å². The molecule has 1 fully saturated rings. The highest BCUT2D eigenvalue weighted by Crippen LogP contribution is 2.20. The first-order valence-corrected chi connectivity index (χ1v) is 8.73. The van der Waals surface area contributed by atoms with Gasteiger partial charge in [0.25, 0.3) is 0 Å². The monoisotopic (exact) mass is 355 g/mol. The number of hydrazone groups is 1. The molecule has 1 aliphatic heterocycles. The van der Waals surface area contributed by atoms with E-state index in [0.717, 1.165) is 42.5 Å². The van der Waals surface area contributed by atoms with Gasteiger partial charge in [-0.05, 0) is 42.5 Å². The lowest BCUT2D eigenvalue weighted by molar-refractivity contribution is 0.272. The molecular formula is C20H22ClN3O. The summed E-state index contributed by atoms with van der Waals surface area (Å²) in [6.07, 6.45) is 5.79. The molecule has 0 aromatic heterocycles. The van der Waals surface area contributed by atoms with Gasteiger partial charge in [0.1, 0.15) is 5.75 Å². The van der Waals surface area contributed by atoms with Gasteiger partial charge in [-0.1, -0.05) is 29.8 Å². The number of allylic oxidation sites excluding steroid dienone is 1. The maximum atomic E-state index is 5.95. The molecule has 5 heteroatoms. The Labute approximate surface area is 154 Å². The summed E-state index contributed by atoms with van der Waals surface area (Å²) in [5.41, 5.74) is 2.26. The van der Waals surface area contributed by atoms with E-state index in [1.54, 1.807) is 7.11 Å². The van der Waals surface area contributed by atoms with Crippen molar-refractivity contribution in [3.05, 3.63) is 65.2 Å². The Balaban J connectivity index is 1.51. The molecule has 0 unspecified atom stereocenters. The van der Waals surface area contributed by atoms with Crippen molar-refractivity contribution in [1.29, 1.82) is 0 Å². The van der Waals surface area contributed by atoms with Crippen LogP contribution in [0.5, 0.6) is 5.75 Å². The minimum absolute atomic E-state index is 0.772. The van der Waals surface area contributed by atoms with Crippen molar-refractivity contribution < 1.29 is 4.74 Å². The van der Waals surface area contributed by atoms with Crippen LogP contribution in [0.3, 0.4) is 0 Å². The number of halogens is 1. The number of para-hydroxylation sites is 1. The average molecular weight is 356 g/mol. The fourth-order valence-electron chi connectivity index (χ4n) is 2.81. The number of anilines is 1. The van der Waals surface area contributed by atoms with Crippen LogP contribution >= 0.6 is 11.6 Å². The van der Waals surface area contributed by atoms with Crippen LogP contribution in [0.1, 0.15) is 5.56 Å². The van der Waals surface area contributed by atoms with E-state index in [2.05, 4.69) is 27.1 Å². The first kappa shape index (κ1) is 17.4. The van der Waals surface area contributed by atoms with Gasteiger partial charge in [0, 0.05) is 35.6 Å². The lowest BCUT2D eigenvalue weighted by atomic mass is 10.2. The third kappa shape index (κ3) is 4.77. The van der Waals surface area contributed by atoms with Gasteiger partial charge in [-0.2, -0.15) is 5.10 Å². The Bertz CT molecular complexity index is 735. The smallest absolute Gasteiger partial charge is 0.126 e. The van der Waals surface area contributed by atoms with E-state index in [4.69, 9.17) is 16.3 Å². The van der Waals surface area contributed by atoms with Gasteiger partial charge in [-0.15, -0.1) is 0 Å². The molecule has 1 heterocycles. The normalized spacial score (nSPS) is 15.3. The summed E-state index contributed by atoms with van der Waals surface area (Å²) in [5, 5.41) is 7.40. The predicted molar refractivity (Wildman–Crippen MR) is 106 cm³/mol. The van der Waals surface area contributed by atoms with E-state index in [-0.39, 0.29) is 0 Å². The quantitative estimate of drug-likeness (QED) is 0.753. The predicted octanol–water partition coefficient (Wildman–Crippen LogP) is 4.17. The molecule has 0 radical (unpaired) electrons. The van der Waals surface area contributed by atoms with Crippen LogP contribution in [-0.4, -0.2) is 44.5 Å². The molecule has 0 aliphatic carbocycles. The number of hydrogen-bond donors (Lipinski definition) is 0. The number of piperazine rings is 1. The van der Waals surface area contributed by atoms with Crippen LogP contribution in [-0.2, 0) is 0 Å². The highest BCUT2D eigenvalue weighted by molar-refractivity contribution is 6.30. The zero-order valence-electron chi connectivity index (χ0n) is 14.3. The molecule has 0 saturated carbocycles. The molecule has 3 rings (SSSR count). The Kier molecular flexibility index (Phi) is 5.96. The molecule has 1 saturated heterocycles. The first-order valence-electron chi connectivity index (χ1n) is 8.35. The van der Waals surface area contributed by atoms with Crippen LogP contribution in [0.15, 0.2) is 59.7 Å². The van der Waals surface area contributed by atoms with Crippen LogP contribution in [0.4, 0.5) is 5.69 Å². The van der Waals surface area contributed by atoms with Crippen molar-refractivity contribution in [2.45, 2.75) is 0 Å². The van der Waals surface area contributed by atoms with Crippen molar-refractivity contribution in [1.82, 2.24) is 5.01 Å². The minimum atomic E-state index is 0.772. The molecule has 2 aromatic rings. The number of benzene rings is 2. The van der Waals surface area contributed by atoms with Crippen molar-refractivity contribution in [2.75, 3.05) is 38.2 Å². The Morgan fingerprint density at radius 2 is 1.72 bits per heavy atom. The summed E-state index contributed by atoms with van der Waals surface area (Å²) >= 11 is 5.95. The van der Waals surface area contributed by atoms with Crippen LogP contribution < -0.4 is 9.64 Å². The summed E-state index contributed by atoms with van der Waals surface area (Å²) in [4.78, 5) is 2.35. The molecule has 0 bridgehead atoms. The zero-order valence-corrected chi connectivity index (χ0v) is 15.1. The summed E-state index contributed by atoms with van der Waals surface area (Å²) in [5.74, 6) is 0.865. The second kappa shape index (κ2) is 8.58.